The van der Waals surface area contributed by atoms with Crippen LogP contribution in [0.15, 0.2) is 182 Å². The summed E-state index contributed by atoms with van der Waals surface area (Å²) >= 11 is 0. The van der Waals surface area contributed by atoms with Gasteiger partial charge in [0, 0.05) is 49.3 Å². The average molecular weight is 638 g/mol. The number of hydrogen-bond acceptors (Lipinski definition) is 1. The highest BCUT2D eigenvalue weighted by atomic mass is 15.0. The normalized spacial score (nSPS) is 11.6. The van der Waals surface area contributed by atoms with E-state index in [1.165, 1.54) is 43.7 Å². The Bertz CT molecular complexity index is 2840. The summed E-state index contributed by atoms with van der Waals surface area (Å²) in [7, 11) is 0. The van der Waals surface area contributed by atoms with Gasteiger partial charge in [0.2, 0.25) is 0 Å². The molecule has 0 aliphatic heterocycles. The Kier molecular flexibility index (Phi) is 6.49. The van der Waals surface area contributed by atoms with E-state index >= 15 is 0 Å². The van der Waals surface area contributed by atoms with Crippen LogP contribution in [-0.2, 0) is 0 Å². The molecule has 0 bridgehead atoms. The molecular formula is C47H31N3. The van der Waals surface area contributed by atoms with Gasteiger partial charge in [0.1, 0.15) is 0 Å². The van der Waals surface area contributed by atoms with Gasteiger partial charge in [-0.15, -0.1) is 0 Å². The molecule has 0 radical (unpaired) electrons. The van der Waals surface area contributed by atoms with Crippen molar-refractivity contribution in [1.29, 1.82) is 0 Å². The van der Waals surface area contributed by atoms with Crippen LogP contribution >= 0.6 is 0 Å². The van der Waals surface area contributed by atoms with Crippen molar-refractivity contribution >= 4 is 43.6 Å². The molecule has 1 N–H and O–H groups in total. The van der Waals surface area contributed by atoms with Gasteiger partial charge in [0.15, 0.2) is 0 Å². The van der Waals surface area contributed by atoms with Crippen molar-refractivity contribution in [2.45, 2.75) is 0 Å². The maximum atomic E-state index is 5.24. The monoisotopic (exact) mass is 637 g/mol. The second-order valence-electron chi connectivity index (χ2n) is 12.9. The summed E-state index contributed by atoms with van der Waals surface area (Å²) in [6.07, 6.45) is 0. The van der Waals surface area contributed by atoms with Crippen LogP contribution in [0.2, 0.25) is 0 Å². The highest BCUT2D eigenvalue weighted by molar-refractivity contribution is 6.18. The van der Waals surface area contributed by atoms with E-state index in [0.717, 1.165) is 50.4 Å². The third kappa shape index (κ3) is 4.63. The van der Waals surface area contributed by atoms with Crippen LogP contribution in [0.5, 0.6) is 0 Å². The Labute approximate surface area is 289 Å². The molecule has 0 amide bonds. The number of rotatable bonds is 5. The summed E-state index contributed by atoms with van der Waals surface area (Å²) in [5.41, 5.74) is 14.5. The topological polar surface area (TPSA) is 33.6 Å². The molecule has 3 heterocycles. The molecule has 50 heavy (non-hydrogen) atoms. The number of fused-ring (bicyclic) bond motifs is 6. The number of benzene rings is 7. The number of aromatic amines is 1. The van der Waals surface area contributed by atoms with Crippen molar-refractivity contribution in [1.82, 2.24) is 14.5 Å². The van der Waals surface area contributed by atoms with Gasteiger partial charge in [0.25, 0.3) is 0 Å². The van der Waals surface area contributed by atoms with Gasteiger partial charge < -0.3 is 9.55 Å². The van der Waals surface area contributed by atoms with E-state index in [4.69, 9.17) is 4.98 Å². The Morgan fingerprint density at radius 1 is 0.360 bits per heavy atom. The SMILES string of the molecule is c1ccc(-c2ccc(-c3cc(-c4ccccc4-n4c5ccccc5c5cc6c(cc54)[nH]c4ccccc46)cc(-c4ccccc4)n3)cc2)cc1. The van der Waals surface area contributed by atoms with Gasteiger partial charge in [0.05, 0.1) is 28.1 Å². The Balaban J connectivity index is 1.20. The molecule has 10 aromatic rings. The summed E-state index contributed by atoms with van der Waals surface area (Å²) in [4.78, 5) is 8.92. The van der Waals surface area contributed by atoms with E-state index in [0.29, 0.717) is 0 Å². The molecule has 3 nitrogen and oxygen atoms in total. The molecule has 0 unspecified atom stereocenters. The van der Waals surface area contributed by atoms with Gasteiger partial charge in [-0.1, -0.05) is 140 Å². The fourth-order valence-electron chi connectivity index (χ4n) is 7.54. The summed E-state index contributed by atoms with van der Waals surface area (Å²) in [5.74, 6) is 0. The first-order valence-electron chi connectivity index (χ1n) is 17.1. The van der Waals surface area contributed by atoms with Gasteiger partial charge >= 0.3 is 0 Å². The second-order valence-corrected chi connectivity index (χ2v) is 12.9. The van der Waals surface area contributed by atoms with E-state index in [2.05, 4.69) is 192 Å². The molecule has 3 aromatic heterocycles. The molecule has 234 valence electrons. The zero-order valence-corrected chi connectivity index (χ0v) is 27.2. The van der Waals surface area contributed by atoms with Gasteiger partial charge in [-0.05, 0) is 59.2 Å². The minimum Gasteiger partial charge on any atom is -0.354 e. The summed E-state index contributed by atoms with van der Waals surface area (Å²) in [5, 5.41) is 4.97. The summed E-state index contributed by atoms with van der Waals surface area (Å²) < 4.78 is 2.43. The van der Waals surface area contributed by atoms with Crippen LogP contribution < -0.4 is 0 Å². The molecule has 0 atom stereocenters. The van der Waals surface area contributed by atoms with Crippen LogP contribution in [0.1, 0.15) is 0 Å². The summed E-state index contributed by atoms with van der Waals surface area (Å²) in [6.45, 7) is 0. The Morgan fingerprint density at radius 3 is 1.72 bits per heavy atom. The van der Waals surface area contributed by atoms with Crippen LogP contribution in [0.3, 0.4) is 0 Å². The van der Waals surface area contributed by atoms with E-state index in [1.807, 2.05) is 0 Å². The average Bonchev–Trinajstić information content (AvgIpc) is 3.72. The van der Waals surface area contributed by atoms with Gasteiger partial charge in [-0.25, -0.2) is 4.98 Å². The van der Waals surface area contributed by atoms with Crippen LogP contribution in [0.4, 0.5) is 0 Å². The lowest BCUT2D eigenvalue weighted by Gasteiger charge is -2.16. The van der Waals surface area contributed by atoms with Crippen LogP contribution in [0.25, 0.3) is 94.1 Å². The first-order chi connectivity index (χ1) is 24.8. The highest BCUT2D eigenvalue weighted by Crippen LogP contribution is 2.40. The first-order valence-corrected chi connectivity index (χ1v) is 17.1. The number of nitrogens with zero attached hydrogens (tertiary/aromatic N) is 2. The molecule has 10 rings (SSSR count). The fraction of sp³-hybridized carbons (Fsp3) is 0. The number of aromatic nitrogens is 3. The van der Waals surface area contributed by atoms with Gasteiger partial charge in [-0.2, -0.15) is 0 Å². The molecule has 0 aliphatic rings. The van der Waals surface area contributed by atoms with E-state index in [9.17, 15) is 0 Å². The number of H-pyrrole nitrogens is 1. The van der Waals surface area contributed by atoms with Gasteiger partial charge in [-0.3, -0.25) is 0 Å². The highest BCUT2D eigenvalue weighted by Gasteiger charge is 2.19. The molecule has 0 saturated heterocycles. The third-order valence-corrected chi connectivity index (χ3v) is 9.94. The molecule has 0 spiro atoms. The van der Waals surface area contributed by atoms with Crippen molar-refractivity contribution in [3.8, 4) is 50.5 Å². The maximum absolute atomic E-state index is 5.24. The minimum atomic E-state index is 0.942. The number of pyridine rings is 1. The lowest BCUT2D eigenvalue weighted by Crippen LogP contribution is -1.98. The lowest BCUT2D eigenvalue weighted by molar-refractivity contribution is 1.18. The molecule has 0 saturated carbocycles. The number of para-hydroxylation sites is 3. The second kappa shape index (κ2) is 11.5. The zero-order chi connectivity index (χ0) is 33.0. The van der Waals surface area contributed by atoms with Crippen molar-refractivity contribution in [3.05, 3.63) is 182 Å². The van der Waals surface area contributed by atoms with E-state index < -0.39 is 0 Å². The van der Waals surface area contributed by atoms with Crippen molar-refractivity contribution in [2.75, 3.05) is 0 Å². The first kappa shape index (κ1) is 28.3. The standard InChI is InChI=1S/C47H31N3/c1-3-13-31(14-4-1)32-23-25-34(26-24-32)43-28-35(27-42(49-43)33-15-5-2-6-16-33)36-17-8-11-21-45(36)50-46-22-12-9-19-38(46)40-29-39-37-18-7-10-20-41(37)48-44(39)30-47(40)50/h1-30,48H. The Morgan fingerprint density at radius 2 is 0.940 bits per heavy atom. The van der Waals surface area contributed by atoms with E-state index in [-0.39, 0.29) is 0 Å². The van der Waals surface area contributed by atoms with E-state index in [1.54, 1.807) is 0 Å². The molecule has 7 aromatic carbocycles. The molecular weight excluding hydrogens is 607 g/mol. The predicted octanol–water partition coefficient (Wildman–Crippen LogP) is 12.5. The predicted molar refractivity (Wildman–Crippen MR) is 210 cm³/mol. The van der Waals surface area contributed by atoms with Crippen molar-refractivity contribution < 1.29 is 0 Å². The summed E-state index contributed by atoms with van der Waals surface area (Å²) in [6, 6.07) is 65.0. The quantitative estimate of drug-likeness (QED) is 0.200. The molecule has 0 aliphatic carbocycles. The smallest absolute Gasteiger partial charge is 0.0715 e. The van der Waals surface area contributed by atoms with Crippen LogP contribution in [0, 0.1) is 0 Å². The Hall–Kier alpha value is -6.71. The fourth-order valence-corrected chi connectivity index (χ4v) is 7.54. The zero-order valence-electron chi connectivity index (χ0n) is 27.2. The molecule has 0 fully saturated rings. The van der Waals surface area contributed by atoms with Crippen LogP contribution in [-0.4, -0.2) is 14.5 Å². The van der Waals surface area contributed by atoms with Crippen molar-refractivity contribution in [3.63, 3.8) is 0 Å². The largest absolute Gasteiger partial charge is 0.354 e. The third-order valence-electron chi connectivity index (χ3n) is 9.94. The molecule has 3 heteroatoms. The minimum absolute atomic E-state index is 0.942. The van der Waals surface area contributed by atoms with Crippen molar-refractivity contribution in [2.24, 2.45) is 0 Å². The number of hydrogen-bond donors (Lipinski definition) is 1. The number of nitrogens with one attached hydrogen (secondary N) is 1. The lowest BCUT2D eigenvalue weighted by atomic mass is 9.97. The maximum Gasteiger partial charge on any atom is 0.0715 e.